The number of rotatable bonds is 7. The Morgan fingerprint density at radius 2 is 1.88 bits per heavy atom. The first kappa shape index (κ1) is 32.5. The molecule has 3 rings (SSSR count). The molecule has 2 aromatic carbocycles. The molecule has 0 bridgehead atoms. The van der Waals surface area contributed by atoms with Crippen LogP contribution in [0.15, 0.2) is 48.5 Å². The van der Waals surface area contributed by atoms with Crippen molar-refractivity contribution in [3.63, 3.8) is 0 Å². The highest BCUT2D eigenvalue weighted by atomic mass is 32.2. The second-order valence-electron chi connectivity index (χ2n) is 10.9. The van der Waals surface area contributed by atoms with Crippen molar-refractivity contribution in [3.8, 4) is 5.75 Å². The molecule has 10 nitrogen and oxygen atoms in total. The van der Waals surface area contributed by atoms with Crippen molar-refractivity contribution in [1.29, 1.82) is 0 Å². The third kappa shape index (κ3) is 9.26. The first-order valence-electron chi connectivity index (χ1n) is 14.0. The first-order chi connectivity index (χ1) is 19.4. The Kier molecular flexibility index (Phi) is 11.7. The summed E-state index contributed by atoms with van der Waals surface area (Å²) in [6, 6.07) is 13.2. The number of anilines is 1. The number of benzene rings is 2. The fourth-order valence-corrected chi connectivity index (χ4v) is 5.06. The van der Waals surface area contributed by atoms with Gasteiger partial charge in [-0.3, -0.25) is 9.59 Å². The number of nitrogens with zero attached hydrogens (tertiary/aromatic N) is 2. The van der Waals surface area contributed by atoms with Crippen LogP contribution >= 0.6 is 0 Å². The number of carbonyl (C=O) groups is 2. The molecule has 226 valence electrons. The molecule has 0 spiro atoms. The molecule has 0 saturated carbocycles. The van der Waals surface area contributed by atoms with Crippen LogP contribution < -0.4 is 10.1 Å². The van der Waals surface area contributed by atoms with Crippen molar-refractivity contribution in [2.45, 2.75) is 58.3 Å². The number of likely N-dealkylation sites (N-methyl/N-ethyl adjacent to an activating group) is 1. The summed E-state index contributed by atoms with van der Waals surface area (Å²) in [6.45, 7) is 6.11. The third-order valence-electron chi connectivity index (χ3n) is 7.35. The fraction of sp³-hybridized carbons (Fsp3) is 0.533. The van der Waals surface area contributed by atoms with Gasteiger partial charge >= 0.3 is 0 Å². The zero-order chi connectivity index (χ0) is 30.2. The lowest BCUT2D eigenvalue weighted by molar-refractivity contribution is -0.00828. The highest BCUT2D eigenvalue weighted by molar-refractivity contribution is 7.88. The van der Waals surface area contributed by atoms with Gasteiger partial charge in [-0.25, -0.2) is 12.7 Å². The minimum Gasteiger partial charge on any atom is -0.490 e. The van der Waals surface area contributed by atoms with Crippen LogP contribution in [0.5, 0.6) is 5.75 Å². The number of aliphatic hydroxyl groups is 1. The van der Waals surface area contributed by atoms with E-state index in [9.17, 15) is 23.1 Å². The van der Waals surface area contributed by atoms with Crippen molar-refractivity contribution in [2.75, 3.05) is 44.9 Å². The van der Waals surface area contributed by atoms with E-state index >= 15 is 0 Å². The predicted molar refractivity (Wildman–Crippen MR) is 159 cm³/mol. The molecule has 1 aliphatic rings. The SMILES string of the molecule is C[C@H](CO)N1C[C@H](C)[C@@H](CN(C)S(C)(=O)=O)OCCCC[C@H](C)Oc2ccc(NC(=O)c3ccccc3)cc2C1=O. The molecule has 2 aromatic rings. The summed E-state index contributed by atoms with van der Waals surface area (Å²) in [7, 11) is -1.92. The third-order valence-corrected chi connectivity index (χ3v) is 8.63. The molecule has 2 amide bonds. The topological polar surface area (TPSA) is 125 Å². The number of fused-ring (bicyclic) bond motifs is 1. The van der Waals surface area contributed by atoms with E-state index in [4.69, 9.17) is 9.47 Å². The van der Waals surface area contributed by atoms with Crippen LogP contribution in [0, 0.1) is 5.92 Å². The second-order valence-corrected chi connectivity index (χ2v) is 13.0. The molecular weight excluding hydrogens is 546 g/mol. The van der Waals surface area contributed by atoms with Gasteiger partial charge in [0.25, 0.3) is 11.8 Å². The predicted octanol–water partition coefficient (Wildman–Crippen LogP) is 3.63. The van der Waals surface area contributed by atoms with Gasteiger partial charge in [-0.1, -0.05) is 25.1 Å². The molecule has 4 atom stereocenters. The number of aliphatic hydroxyl groups excluding tert-OH is 1. The van der Waals surface area contributed by atoms with Crippen molar-refractivity contribution < 1.29 is 32.6 Å². The summed E-state index contributed by atoms with van der Waals surface area (Å²) in [5.74, 6) is -0.546. The van der Waals surface area contributed by atoms with Gasteiger partial charge in [-0.05, 0) is 63.4 Å². The van der Waals surface area contributed by atoms with Crippen LogP contribution in [0.2, 0.25) is 0 Å². The van der Waals surface area contributed by atoms with E-state index in [-0.39, 0.29) is 49.1 Å². The zero-order valence-electron chi connectivity index (χ0n) is 24.6. The van der Waals surface area contributed by atoms with Crippen LogP contribution in [0.1, 0.15) is 60.7 Å². The lowest BCUT2D eigenvalue weighted by Crippen LogP contribution is -2.47. The number of amides is 2. The molecule has 0 radical (unpaired) electrons. The van der Waals surface area contributed by atoms with Crippen LogP contribution in [0.4, 0.5) is 5.69 Å². The average molecular weight is 590 g/mol. The normalized spacial score (nSPS) is 21.9. The summed E-state index contributed by atoms with van der Waals surface area (Å²) in [4.78, 5) is 28.5. The summed E-state index contributed by atoms with van der Waals surface area (Å²) in [5, 5.41) is 12.9. The van der Waals surface area contributed by atoms with Crippen molar-refractivity contribution in [2.24, 2.45) is 5.92 Å². The van der Waals surface area contributed by atoms with E-state index < -0.39 is 22.2 Å². The number of sulfonamides is 1. The summed E-state index contributed by atoms with van der Waals surface area (Å²) >= 11 is 0. The van der Waals surface area contributed by atoms with Crippen molar-refractivity contribution in [1.82, 2.24) is 9.21 Å². The standard InChI is InChI=1S/C30H43N3O7S/c1-21-18-33(22(2)20-34)30(36)26-17-25(31-29(35)24-12-7-6-8-13-24)14-15-27(26)40-23(3)11-9-10-16-39-28(21)19-32(4)41(5,37)38/h6-8,12-15,17,21-23,28,34H,9-11,16,18-20H2,1-5H3,(H,31,35)/t21-,22+,23-,28+/m0/s1. The Morgan fingerprint density at radius 3 is 2.54 bits per heavy atom. The fourth-order valence-electron chi connectivity index (χ4n) is 4.64. The second kappa shape index (κ2) is 14.8. The van der Waals surface area contributed by atoms with E-state index in [1.165, 1.54) is 11.4 Å². The van der Waals surface area contributed by atoms with E-state index in [0.717, 1.165) is 25.5 Å². The Hall–Kier alpha value is -2.99. The molecule has 0 aromatic heterocycles. The van der Waals surface area contributed by atoms with E-state index in [1.54, 1.807) is 54.3 Å². The summed E-state index contributed by atoms with van der Waals surface area (Å²) < 4.78 is 37.9. The van der Waals surface area contributed by atoms with E-state index in [1.807, 2.05) is 19.9 Å². The van der Waals surface area contributed by atoms with Gasteiger partial charge in [0.2, 0.25) is 10.0 Å². The van der Waals surface area contributed by atoms with Crippen LogP contribution in [-0.2, 0) is 14.8 Å². The van der Waals surface area contributed by atoms with Crippen LogP contribution in [0.25, 0.3) is 0 Å². The maximum Gasteiger partial charge on any atom is 0.258 e. The molecule has 11 heteroatoms. The Balaban J connectivity index is 1.99. The van der Waals surface area contributed by atoms with Gasteiger partial charge in [-0.15, -0.1) is 0 Å². The summed E-state index contributed by atoms with van der Waals surface area (Å²) in [6.07, 6.45) is 2.81. The highest BCUT2D eigenvalue weighted by Crippen LogP contribution is 2.29. The van der Waals surface area contributed by atoms with Crippen LogP contribution in [0.3, 0.4) is 0 Å². The van der Waals surface area contributed by atoms with Gasteiger partial charge < -0.3 is 24.8 Å². The maximum atomic E-state index is 14.1. The molecule has 1 aliphatic heterocycles. The average Bonchev–Trinajstić information content (AvgIpc) is 2.94. The van der Waals surface area contributed by atoms with Gasteiger partial charge in [0.1, 0.15) is 5.75 Å². The molecule has 0 fully saturated rings. The Morgan fingerprint density at radius 1 is 1.17 bits per heavy atom. The lowest BCUT2D eigenvalue weighted by Gasteiger charge is -2.35. The van der Waals surface area contributed by atoms with Gasteiger partial charge in [-0.2, -0.15) is 0 Å². The molecule has 1 heterocycles. The quantitative estimate of drug-likeness (QED) is 0.505. The lowest BCUT2D eigenvalue weighted by atomic mass is 10.0. The number of hydrogen-bond donors (Lipinski definition) is 2. The highest BCUT2D eigenvalue weighted by Gasteiger charge is 2.31. The smallest absolute Gasteiger partial charge is 0.258 e. The molecule has 41 heavy (non-hydrogen) atoms. The Bertz CT molecular complexity index is 1270. The van der Waals surface area contributed by atoms with Gasteiger partial charge in [0, 0.05) is 43.9 Å². The molecule has 0 saturated heterocycles. The summed E-state index contributed by atoms with van der Waals surface area (Å²) in [5.41, 5.74) is 1.18. The van der Waals surface area contributed by atoms with Gasteiger partial charge in [0.05, 0.1) is 36.7 Å². The largest absolute Gasteiger partial charge is 0.490 e. The maximum absolute atomic E-state index is 14.1. The van der Waals surface area contributed by atoms with Gasteiger partial charge in [0.15, 0.2) is 0 Å². The first-order valence-corrected chi connectivity index (χ1v) is 15.9. The molecule has 2 N–H and O–H groups in total. The molecular formula is C30H43N3O7S. The number of hydrogen-bond acceptors (Lipinski definition) is 7. The number of carbonyl (C=O) groups excluding carboxylic acids is 2. The monoisotopic (exact) mass is 589 g/mol. The van der Waals surface area contributed by atoms with E-state index in [2.05, 4.69) is 5.32 Å². The van der Waals surface area contributed by atoms with E-state index in [0.29, 0.717) is 23.6 Å². The molecule has 0 unspecified atom stereocenters. The molecule has 0 aliphatic carbocycles. The number of nitrogens with one attached hydrogen (secondary N) is 1. The van der Waals surface area contributed by atoms with Crippen molar-refractivity contribution in [3.05, 3.63) is 59.7 Å². The van der Waals surface area contributed by atoms with Crippen molar-refractivity contribution >= 4 is 27.5 Å². The minimum atomic E-state index is -3.43. The Labute approximate surface area is 243 Å². The van der Waals surface area contributed by atoms with Crippen LogP contribution in [-0.4, -0.2) is 92.4 Å². The number of ether oxygens (including phenoxy) is 2. The minimum absolute atomic E-state index is 0.140. The zero-order valence-corrected chi connectivity index (χ0v) is 25.4.